The number of carbonyl (C=O) groups is 1. The van der Waals surface area contributed by atoms with Crippen molar-refractivity contribution in [1.29, 1.82) is 0 Å². The van der Waals surface area contributed by atoms with Crippen molar-refractivity contribution in [1.82, 2.24) is 9.88 Å². The zero-order chi connectivity index (χ0) is 21.6. The van der Waals surface area contributed by atoms with Crippen LogP contribution >= 0.6 is 0 Å². The van der Waals surface area contributed by atoms with Crippen LogP contribution in [0.15, 0.2) is 42.5 Å². The first kappa shape index (κ1) is 21.8. The molecule has 2 N–H and O–H groups in total. The van der Waals surface area contributed by atoms with Gasteiger partial charge in [0, 0.05) is 31.9 Å². The molecule has 4 rings (SSSR count). The second-order valence-corrected chi connectivity index (χ2v) is 8.89. The van der Waals surface area contributed by atoms with Gasteiger partial charge in [0.1, 0.15) is 11.9 Å². The van der Waals surface area contributed by atoms with Crippen molar-refractivity contribution in [2.24, 2.45) is 5.92 Å². The van der Waals surface area contributed by atoms with E-state index in [1.165, 1.54) is 5.56 Å². The lowest BCUT2D eigenvalue weighted by atomic mass is 9.97. The molecule has 31 heavy (non-hydrogen) atoms. The number of nitrogens with zero attached hydrogens (tertiary/aromatic N) is 2. The summed E-state index contributed by atoms with van der Waals surface area (Å²) in [6, 6.07) is 13.2. The summed E-state index contributed by atoms with van der Waals surface area (Å²) in [4.78, 5) is 18.6. The van der Waals surface area contributed by atoms with Crippen LogP contribution < -0.4 is 5.32 Å². The molecule has 0 bridgehead atoms. The first-order valence-electron chi connectivity index (χ1n) is 11.5. The van der Waals surface area contributed by atoms with Crippen LogP contribution in [0.4, 0.5) is 5.82 Å². The van der Waals surface area contributed by atoms with Gasteiger partial charge in [0.05, 0.1) is 6.10 Å². The number of nitrogens with one attached hydrogen (secondary N) is 1. The van der Waals surface area contributed by atoms with Crippen LogP contribution in [-0.4, -0.2) is 53.3 Å². The van der Waals surface area contributed by atoms with E-state index in [9.17, 15) is 9.90 Å². The van der Waals surface area contributed by atoms with E-state index in [0.717, 1.165) is 62.3 Å². The van der Waals surface area contributed by atoms with Crippen molar-refractivity contribution in [3.63, 3.8) is 0 Å². The molecule has 1 unspecified atom stereocenters. The predicted octanol–water partition coefficient (Wildman–Crippen LogP) is 3.93. The summed E-state index contributed by atoms with van der Waals surface area (Å²) in [7, 11) is 0. The lowest BCUT2D eigenvalue weighted by Crippen LogP contribution is -2.33. The van der Waals surface area contributed by atoms with Crippen molar-refractivity contribution >= 4 is 11.8 Å². The highest BCUT2D eigenvalue weighted by Gasteiger charge is 2.33. The smallest absolute Gasteiger partial charge is 0.325 e. The number of hydrogen-bond donors (Lipinski definition) is 2. The van der Waals surface area contributed by atoms with Crippen molar-refractivity contribution in [2.45, 2.75) is 51.2 Å². The van der Waals surface area contributed by atoms with Gasteiger partial charge >= 0.3 is 5.97 Å². The fraction of sp³-hybridized carbons (Fsp3) is 0.520. The summed E-state index contributed by atoms with van der Waals surface area (Å²) in [5.41, 5.74) is 3.30. The number of rotatable bonds is 9. The summed E-state index contributed by atoms with van der Waals surface area (Å²) >= 11 is 0. The fourth-order valence-corrected chi connectivity index (χ4v) is 4.63. The number of fused-ring (bicyclic) bond motifs is 1. The molecule has 3 heterocycles. The molecule has 6 nitrogen and oxygen atoms in total. The molecule has 166 valence electrons. The molecule has 1 aromatic heterocycles. The van der Waals surface area contributed by atoms with Crippen molar-refractivity contribution in [3.8, 4) is 0 Å². The molecule has 0 spiro atoms. The number of aliphatic carboxylic acids is 1. The molecule has 1 aromatic carbocycles. The molecule has 0 radical (unpaired) electrons. The van der Waals surface area contributed by atoms with Gasteiger partial charge in [-0.25, -0.2) is 4.98 Å². The predicted molar refractivity (Wildman–Crippen MR) is 121 cm³/mol. The zero-order valence-corrected chi connectivity index (χ0v) is 18.3. The van der Waals surface area contributed by atoms with E-state index < -0.39 is 12.0 Å². The molecular formula is C25H33N3O3. The van der Waals surface area contributed by atoms with Crippen LogP contribution in [0.25, 0.3) is 0 Å². The van der Waals surface area contributed by atoms with Crippen molar-refractivity contribution in [2.75, 3.05) is 31.6 Å². The number of aryl methyl sites for hydroxylation is 1. The fourth-order valence-electron chi connectivity index (χ4n) is 4.63. The Hall–Kier alpha value is -2.44. The monoisotopic (exact) mass is 423 g/mol. The number of anilines is 1. The van der Waals surface area contributed by atoms with Crippen LogP contribution in [0.5, 0.6) is 0 Å². The lowest BCUT2D eigenvalue weighted by molar-refractivity contribution is -0.143. The molecule has 0 aliphatic carbocycles. The zero-order valence-electron chi connectivity index (χ0n) is 18.3. The number of likely N-dealkylation sites (tertiary alicyclic amines) is 1. The maximum absolute atomic E-state index is 11.8. The minimum Gasteiger partial charge on any atom is -0.480 e. The van der Waals surface area contributed by atoms with Gasteiger partial charge < -0.3 is 15.2 Å². The second kappa shape index (κ2) is 10.2. The van der Waals surface area contributed by atoms with Gasteiger partial charge in [-0.2, -0.15) is 0 Å². The minimum atomic E-state index is -0.798. The highest BCUT2D eigenvalue weighted by atomic mass is 16.5. The van der Waals surface area contributed by atoms with Crippen LogP contribution in [0, 0.1) is 5.92 Å². The van der Waals surface area contributed by atoms with Crippen LogP contribution in [-0.2, 0) is 22.4 Å². The molecule has 2 aromatic rings. The summed E-state index contributed by atoms with van der Waals surface area (Å²) in [6.45, 7) is 5.39. The average Bonchev–Trinajstić information content (AvgIpc) is 3.22. The molecular weight excluding hydrogens is 390 g/mol. The van der Waals surface area contributed by atoms with Gasteiger partial charge in [0.25, 0.3) is 0 Å². The third kappa shape index (κ3) is 5.63. The third-order valence-electron chi connectivity index (χ3n) is 6.29. The number of carboxylic acids is 1. The van der Waals surface area contributed by atoms with E-state index in [0.29, 0.717) is 19.1 Å². The van der Waals surface area contributed by atoms with Crippen LogP contribution in [0.3, 0.4) is 0 Å². The van der Waals surface area contributed by atoms with E-state index >= 15 is 0 Å². The first-order valence-corrected chi connectivity index (χ1v) is 11.5. The van der Waals surface area contributed by atoms with Gasteiger partial charge in [0.15, 0.2) is 0 Å². The largest absolute Gasteiger partial charge is 0.480 e. The van der Waals surface area contributed by atoms with Gasteiger partial charge in [-0.1, -0.05) is 43.3 Å². The molecule has 0 saturated carbocycles. The Morgan fingerprint density at radius 2 is 2.10 bits per heavy atom. The highest BCUT2D eigenvalue weighted by molar-refractivity contribution is 5.75. The molecule has 1 saturated heterocycles. The van der Waals surface area contributed by atoms with Gasteiger partial charge in [0.2, 0.25) is 0 Å². The number of pyridine rings is 1. The topological polar surface area (TPSA) is 74.7 Å². The first-order chi connectivity index (χ1) is 15.1. The van der Waals surface area contributed by atoms with E-state index in [-0.39, 0.29) is 6.10 Å². The van der Waals surface area contributed by atoms with Crippen LogP contribution in [0.1, 0.15) is 49.0 Å². The van der Waals surface area contributed by atoms with Gasteiger partial charge in [-0.3, -0.25) is 9.69 Å². The van der Waals surface area contributed by atoms with Crippen LogP contribution in [0.2, 0.25) is 0 Å². The third-order valence-corrected chi connectivity index (χ3v) is 6.29. The quantitative estimate of drug-likeness (QED) is 0.596. The Bertz CT molecular complexity index is 874. The van der Waals surface area contributed by atoms with E-state index in [4.69, 9.17) is 9.72 Å². The molecule has 2 aliphatic heterocycles. The number of carboxylic acid groups (broad SMARTS) is 1. The summed E-state index contributed by atoms with van der Waals surface area (Å²) < 4.78 is 6.07. The van der Waals surface area contributed by atoms with Gasteiger partial charge in [-0.15, -0.1) is 0 Å². The molecule has 3 atom stereocenters. The Labute approximate surface area is 184 Å². The number of benzene rings is 1. The molecule has 2 aliphatic rings. The Morgan fingerprint density at radius 3 is 2.90 bits per heavy atom. The number of hydrogen-bond acceptors (Lipinski definition) is 5. The normalized spacial score (nSPS) is 22.0. The minimum absolute atomic E-state index is 0.110. The molecule has 0 amide bonds. The van der Waals surface area contributed by atoms with E-state index in [1.807, 2.05) is 35.2 Å². The summed E-state index contributed by atoms with van der Waals surface area (Å²) in [5, 5.41) is 13.2. The van der Waals surface area contributed by atoms with E-state index in [2.05, 4.69) is 24.4 Å². The lowest BCUT2D eigenvalue weighted by Gasteiger charge is -2.24. The highest BCUT2D eigenvalue weighted by Crippen LogP contribution is 2.27. The van der Waals surface area contributed by atoms with Crippen molar-refractivity contribution < 1.29 is 14.6 Å². The standard InChI is InChI=1S/C25H33N3O3/c1-18-15-20-10-11-21(27-24(20)26-16-18)9-5-6-14-31-22-12-13-28(17-22)23(25(29)30)19-7-3-2-4-8-19/h2-4,7-8,10-11,18,22-23H,5-6,9,12-17H2,1H3,(H,26,27)(H,29,30)/t18?,22-,23+/m1/s1. The van der Waals surface area contributed by atoms with E-state index in [1.54, 1.807) is 0 Å². The average molecular weight is 424 g/mol. The molecule has 6 heteroatoms. The SMILES string of the molecule is CC1CNc2nc(CCCCO[C@@H]3CCN([C@H](C(=O)O)c4ccccc4)C3)ccc2C1. The number of unbranched alkanes of at least 4 members (excludes halogenated alkanes) is 1. The summed E-state index contributed by atoms with van der Waals surface area (Å²) in [5.74, 6) is 0.930. The van der Waals surface area contributed by atoms with Gasteiger partial charge in [-0.05, 0) is 55.2 Å². The second-order valence-electron chi connectivity index (χ2n) is 8.89. The Morgan fingerprint density at radius 1 is 1.26 bits per heavy atom. The number of aromatic nitrogens is 1. The Kier molecular flexibility index (Phi) is 7.20. The maximum Gasteiger partial charge on any atom is 0.325 e. The number of ether oxygens (including phenoxy) is 1. The summed E-state index contributed by atoms with van der Waals surface area (Å²) in [6.07, 6.45) is 5.08. The molecule has 1 fully saturated rings. The van der Waals surface area contributed by atoms with Crippen molar-refractivity contribution in [3.05, 3.63) is 59.3 Å². The Balaban J connectivity index is 1.19. The maximum atomic E-state index is 11.8.